The molecule has 0 atom stereocenters. The van der Waals surface area contributed by atoms with Gasteiger partial charge in [-0.3, -0.25) is 0 Å². The van der Waals surface area contributed by atoms with Gasteiger partial charge in [-0.2, -0.15) is 0 Å². The first kappa shape index (κ1) is 14.1. The minimum Gasteiger partial charge on any atom is -0.473 e. The molecule has 104 valence electrons. The lowest BCUT2D eigenvalue weighted by atomic mass is 10.2. The van der Waals surface area contributed by atoms with Crippen molar-refractivity contribution in [3.05, 3.63) is 53.9 Å². The van der Waals surface area contributed by atoms with Crippen molar-refractivity contribution in [2.24, 2.45) is 0 Å². The van der Waals surface area contributed by atoms with E-state index in [1.54, 1.807) is 0 Å². The van der Waals surface area contributed by atoms with Crippen LogP contribution in [0.15, 0.2) is 42.7 Å². The van der Waals surface area contributed by atoms with Crippen LogP contribution >= 0.6 is 0 Å². The van der Waals surface area contributed by atoms with E-state index in [0.717, 1.165) is 23.5 Å². The normalized spacial score (nSPS) is 10.7. The summed E-state index contributed by atoms with van der Waals surface area (Å²) < 4.78 is 5.67. The van der Waals surface area contributed by atoms with Crippen molar-refractivity contribution in [3.8, 4) is 5.88 Å². The molecule has 1 heterocycles. The van der Waals surface area contributed by atoms with Gasteiger partial charge in [0.1, 0.15) is 18.8 Å². The molecule has 0 saturated heterocycles. The molecule has 0 saturated carbocycles. The molecule has 0 aliphatic heterocycles. The molecular formula is C16H19N3O. The van der Waals surface area contributed by atoms with Gasteiger partial charge in [0.2, 0.25) is 5.88 Å². The molecule has 0 radical (unpaired) electrons. The van der Waals surface area contributed by atoms with Crippen LogP contribution in [0.1, 0.15) is 18.1 Å². The Morgan fingerprint density at radius 2 is 2.00 bits per heavy atom. The van der Waals surface area contributed by atoms with Gasteiger partial charge in [0.15, 0.2) is 0 Å². The van der Waals surface area contributed by atoms with Crippen LogP contribution in [0.4, 0.5) is 5.82 Å². The second kappa shape index (κ2) is 7.28. The van der Waals surface area contributed by atoms with E-state index < -0.39 is 0 Å². The molecule has 0 amide bonds. The number of ether oxygens (including phenoxy) is 1. The summed E-state index contributed by atoms with van der Waals surface area (Å²) in [5.74, 6) is 1.44. The van der Waals surface area contributed by atoms with Gasteiger partial charge in [-0.15, -0.1) is 0 Å². The van der Waals surface area contributed by atoms with Gasteiger partial charge >= 0.3 is 0 Å². The number of aromatic nitrogens is 2. The Balaban J connectivity index is 1.94. The van der Waals surface area contributed by atoms with Crippen LogP contribution in [0.3, 0.4) is 0 Å². The molecule has 4 nitrogen and oxygen atoms in total. The maximum atomic E-state index is 5.67. The zero-order chi connectivity index (χ0) is 14.2. The first-order chi connectivity index (χ1) is 9.81. The number of anilines is 1. The molecule has 2 rings (SSSR count). The Morgan fingerprint density at radius 1 is 1.20 bits per heavy atom. The van der Waals surface area contributed by atoms with E-state index in [-0.39, 0.29) is 0 Å². The minimum atomic E-state index is 0.484. The second-order valence-corrected chi connectivity index (χ2v) is 4.31. The highest BCUT2D eigenvalue weighted by Gasteiger charge is 2.06. The van der Waals surface area contributed by atoms with E-state index in [1.165, 1.54) is 6.33 Å². The van der Waals surface area contributed by atoms with Crippen molar-refractivity contribution in [2.45, 2.75) is 13.8 Å². The fraction of sp³-hybridized carbons (Fsp3) is 0.250. The Hall–Kier alpha value is -2.36. The monoisotopic (exact) mass is 269 g/mol. The Bertz CT molecular complexity index is 567. The van der Waals surface area contributed by atoms with Crippen molar-refractivity contribution in [2.75, 3.05) is 18.5 Å². The zero-order valence-corrected chi connectivity index (χ0v) is 11.8. The lowest BCUT2D eigenvalue weighted by Gasteiger charge is -2.09. The number of hydrogen-bond acceptors (Lipinski definition) is 4. The third-order valence-electron chi connectivity index (χ3n) is 2.81. The second-order valence-electron chi connectivity index (χ2n) is 4.31. The Morgan fingerprint density at radius 3 is 2.75 bits per heavy atom. The van der Waals surface area contributed by atoms with E-state index in [0.29, 0.717) is 12.5 Å². The molecule has 0 spiro atoms. The smallest absolute Gasteiger partial charge is 0.221 e. The maximum absolute atomic E-state index is 5.67. The zero-order valence-electron chi connectivity index (χ0n) is 11.8. The number of benzene rings is 1. The van der Waals surface area contributed by atoms with Crippen LogP contribution in [0.2, 0.25) is 0 Å². The Kier molecular flexibility index (Phi) is 5.12. The quantitative estimate of drug-likeness (QED) is 0.874. The van der Waals surface area contributed by atoms with Crippen LogP contribution in [0.5, 0.6) is 5.88 Å². The lowest BCUT2D eigenvalue weighted by molar-refractivity contribution is 0.345. The molecule has 20 heavy (non-hydrogen) atoms. The van der Waals surface area contributed by atoms with Crippen molar-refractivity contribution in [3.63, 3.8) is 0 Å². The predicted molar refractivity (Wildman–Crippen MR) is 81.9 cm³/mol. The molecule has 1 aromatic heterocycles. The third kappa shape index (κ3) is 3.82. The third-order valence-corrected chi connectivity index (χ3v) is 2.81. The maximum Gasteiger partial charge on any atom is 0.221 e. The molecule has 0 fully saturated rings. The lowest BCUT2D eigenvalue weighted by Crippen LogP contribution is -2.05. The Labute approximate surface area is 119 Å². The molecule has 0 aliphatic carbocycles. The molecule has 0 unspecified atom stereocenters. The summed E-state index contributed by atoms with van der Waals surface area (Å²) in [6, 6.07) is 10.1. The van der Waals surface area contributed by atoms with Crippen molar-refractivity contribution >= 4 is 11.9 Å². The number of nitrogens with one attached hydrogen (secondary N) is 1. The fourth-order valence-corrected chi connectivity index (χ4v) is 1.80. The highest BCUT2D eigenvalue weighted by Crippen LogP contribution is 2.19. The molecular weight excluding hydrogens is 250 g/mol. The van der Waals surface area contributed by atoms with Crippen molar-refractivity contribution in [1.82, 2.24) is 9.97 Å². The van der Waals surface area contributed by atoms with Crippen LogP contribution < -0.4 is 10.1 Å². The number of rotatable bonds is 6. The van der Waals surface area contributed by atoms with E-state index in [4.69, 9.17) is 4.74 Å². The first-order valence-electron chi connectivity index (χ1n) is 6.71. The standard InChI is InChI=1S/C16H19N3O/c1-3-17-15-13(2)16(19-12-18-15)20-11-7-10-14-8-5-4-6-9-14/h4-10,12H,3,11H2,1-2H3,(H,17,18,19)/b10-7+. The molecule has 1 aromatic carbocycles. The summed E-state index contributed by atoms with van der Waals surface area (Å²) in [5.41, 5.74) is 2.09. The van der Waals surface area contributed by atoms with E-state index >= 15 is 0 Å². The van der Waals surface area contributed by atoms with Crippen molar-refractivity contribution < 1.29 is 4.74 Å². The summed E-state index contributed by atoms with van der Waals surface area (Å²) in [4.78, 5) is 8.34. The van der Waals surface area contributed by atoms with Crippen molar-refractivity contribution in [1.29, 1.82) is 0 Å². The van der Waals surface area contributed by atoms with Gasteiger partial charge in [0.05, 0.1) is 5.56 Å². The molecule has 4 heteroatoms. The number of nitrogens with zero attached hydrogens (tertiary/aromatic N) is 2. The average molecular weight is 269 g/mol. The first-order valence-corrected chi connectivity index (χ1v) is 6.71. The molecule has 1 N–H and O–H groups in total. The summed E-state index contributed by atoms with van der Waals surface area (Å²) in [6.07, 6.45) is 5.52. The molecule has 0 bridgehead atoms. The van der Waals surface area contributed by atoms with Gasteiger partial charge < -0.3 is 10.1 Å². The van der Waals surface area contributed by atoms with Gasteiger partial charge in [-0.25, -0.2) is 9.97 Å². The van der Waals surface area contributed by atoms with Crippen LogP contribution in [0.25, 0.3) is 6.08 Å². The van der Waals surface area contributed by atoms with E-state index in [9.17, 15) is 0 Å². The summed E-state index contributed by atoms with van der Waals surface area (Å²) in [5, 5.41) is 3.18. The number of hydrogen-bond donors (Lipinski definition) is 1. The van der Waals surface area contributed by atoms with Gasteiger partial charge in [0, 0.05) is 6.54 Å². The predicted octanol–water partition coefficient (Wildman–Crippen LogP) is 3.31. The SMILES string of the molecule is CCNc1ncnc(OC/C=C/c2ccccc2)c1C. The molecule has 0 aliphatic rings. The highest BCUT2D eigenvalue weighted by atomic mass is 16.5. The summed E-state index contributed by atoms with van der Waals surface area (Å²) >= 11 is 0. The highest BCUT2D eigenvalue weighted by molar-refractivity contribution is 5.49. The summed E-state index contributed by atoms with van der Waals surface area (Å²) in [7, 11) is 0. The van der Waals surface area contributed by atoms with E-state index in [2.05, 4.69) is 27.4 Å². The largest absolute Gasteiger partial charge is 0.473 e. The van der Waals surface area contributed by atoms with Crippen LogP contribution in [-0.2, 0) is 0 Å². The summed E-state index contributed by atoms with van der Waals surface area (Å²) in [6.45, 7) is 5.29. The van der Waals surface area contributed by atoms with E-state index in [1.807, 2.05) is 44.2 Å². The van der Waals surface area contributed by atoms with Gasteiger partial charge in [-0.05, 0) is 25.5 Å². The topological polar surface area (TPSA) is 47.0 Å². The van der Waals surface area contributed by atoms with Gasteiger partial charge in [0.25, 0.3) is 0 Å². The average Bonchev–Trinajstić information content (AvgIpc) is 2.48. The van der Waals surface area contributed by atoms with Crippen LogP contribution in [-0.4, -0.2) is 23.1 Å². The molecule has 2 aromatic rings. The fourth-order valence-electron chi connectivity index (χ4n) is 1.80. The minimum absolute atomic E-state index is 0.484. The van der Waals surface area contributed by atoms with Crippen LogP contribution in [0, 0.1) is 6.92 Å². The van der Waals surface area contributed by atoms with Gasteiger partial charge in [-0.1, -0.05) is 36.4 Å².